The summed E-state index contributed by atoms with van der Waals surface area (Å²) in [6, 6.07) is 0. The molecule has 0 amide bonds. The fraction of sp³-hybridized carbons (Fsp3) is 0.792. The van der Waals surface area contributed by atoms with Crippen molar-refractivity contribution in [1.82, 2.24) is 0 Å². The molecule has 154 valence electrons. The number of Topliss-reactive ketones (excluding diaryl/α,β-unsaturated/α-hetero) is 1. The summed E-state index contributed by atoms with van der Waals surface area (Å²) in [4.78, 5) is 36.8. The van der Waals surface area contributed by atoms with Gasteiger partial charge in [-0.05, 0) is 80.6 Å². The summed E-state index contributed by atoms with van der Waals surface area (Å²) >= 11 is 0. The Kier molecular flexibility index (Phi) is 4.45. The summed E-state index contributed by atoms with van der Waals surface area (Å²) in [6.45, 7) is 9.87. The number of ketones is 2. The van der Waals surface area contributed by atoms with E-state index in [4.69, 9.17) is 4.74 Å². The van der Waals surface area contributed by atoms with Crippen LogP contribution < -0.4 is 0 Å². The molecule has 0 radical (unpaired) electrons. The van der Waals surface area contributed by atoms with E-state index < -0.39 is 5.60 Å². The van der Waals surface area contributed by atoms with Gasteiger partial charge in [0.05, 0.1) is 0 Å². The van der Waals surface area contributed by atoms with Gasteiger partial charge in [-0.15, -0.1) is 0 Å². The minimum absolute atomic E-state index is 0.00469. The van der Waals surface area contributed by atoms with Gasteiger partial charge in [0.2, 0.25) is 0 Å². The maximum Gasteiger partial charge on any atom is 0.303 e. The van der Waals surface area contributed by atoms with Gasteiger partial charge in [-0.3, -0.25) is 14.4 Å². The van der Waals surface area contributed by atoms with E-state index >= 15 is 0 Å². The van der Waals surface area contributed by atoms with Crippen LogP contribution in [0.5, 0.6) is 0 Å². The lowest BCUT2D eigenvalue weighted by atomic mass is 9.44. The van der Waals surface area contributed by atoms with Gasteiger partial charge in [-0.1, -0.05) is 26.3 Å². The van der Waals surface area contributed by atoms with Gasteiger partial charge in [0, 0.05) is 18.8 Å². The van der Waals surface area contributed by atoms with E-state index in [1.165, 1.54) is 12.5 Å². The molecular weight excluding hydrogens is 352 g/mol. The Hall–Kier alpha value is -1.45. The van der Waals surface area contributed by atoms with Crippen molar-refractivity contribution in [3.8, 4) is 0 Å². The highest BCUT2D eigenvalue weighted by atomic mass is 16.6. The van der Waals surface area contributed by atoms with Crippen LogP contribution in [0.15, 0.2) is 11.6 Å². The lowest BCUT2D eigenvalue weighted by molar-refractivity contribution is -0.187. The highest BCUT2D eigenvalue weighted by Gasteiger charge is 2.68. The number of allylic oxidation sites excluding steroid dienone is 1. The Bertz CT molecular complexity index is 767. The molecule has 7 atom stereocenters. The molecule has 0 unspecified atom stereocenters. The normalized spacial score (nSPS) is 47.5. The van der Waals surface area contributed by atoms with Gasteiger partial charge in [-0.25, -0.2) is 0 Å². The summed E-state index contributed by atoms with van der Waals surface area (Å²) in [5.74, 6) is 1.82. The predicted molar refractivity (Wildman–Crippen MR) is 106 cm³/mol. The summed E-state index contributed by atoms with van der Waals surface area (Å²) in [5, 5.41) is 0. The minimum Gasteiger partial charge on any atom is -0.451 e. The molecule has 0 N–H and O–H groups in total. The third kappa shape index (κ3) is 2.45. The monoisotopic (exact) mass is 386 g/mol. The maximum absolute atomic E-state index is 12.8. The van der Waals surface area contributed by atoms with Crippen molar-refractivity contribution in [2.45, 2.75) is 85.2 Å². The molecule has 0 bridgehead atoms. The molecule has 0 saturated heterocycles. The number of carbonyl (C=O) groups excluding carboxylic acids is 3. The SMILES string of the molecule is CC(=O)O[C@]1(C(C)=O)CC[C@@H]2[C@@H]3C[C@H](C)C4=CC(=O)CC[C@]4(C)[C@H]3CC[C@@]21C. The molecule has 0 aliphatic heterocycles. The Morgan fingerprint density at radius 3 is 2.39 bits per heavy atom. The first-order chi connectivity index (χ1) is 13.0. The van der Waals surface area contributed by atoms with Crippen LogP contribution >= 0.6 is 0 Å². The zero-order chi connectivity index (χ0) is 20.5. The molecule has 4 aliphatic carbocycles. The van der Waals surface area contributed by atoms with Crippen LogP contribution in [-0.2, 0) is 19.1 Å². The molecule has 0 spiro atoms. The van der Waals surface area contributed by atoms with Crippen molar-refractivity contribution in [2.75, 3.05) is 0 Å². The predicted octanol–water partition coefficient (Wildman–Crippen LogP) is 4.66. The lowest BCUT2D eigenvalue weighted by Crippen LogP contribution is -2.59. The highest BCUT2D eigenvalue weighted by Crippen LogP contribution is 2.69. The first-order valence-corrected chi connectivity index (χ1v) is 11.0. The smallest absolute Gasteiger partial charge is 0.303 e. The quantitative estimate of drug-likeness (QED) is 0.648. The number of ether oxygens (including phenoxy) is 1. The second-order valence-electron chi connectivity index (χ2n) is 10.5. The molecule has 28 heavy (non-hydrogen) atoms. The summed E-state index contributed by atoms with van der Waals surface area (Å²) < 4.78 is 5.84. The van der Waals surface area contributed by atoms with Crippen LogP contribution in [0.2, 0.25) is 0 Å². The van der Waals surface area contributed by atoms with E-state index in [0.29, 0.717) is 36.5 Å². The van der Waals surface area contributed by atoms with Crippen LogP contribution in [0.3, 0.4) is 0 Å². The van der Waals surface area contributed by atoms with E-state index in [2.05, 4.69) is 20.8 Å². The number of hydrogen-bond acceptors (Lipinski definition) is 4. The van der Waals surface area contributed by atoms with E-state index in [1.54, 1.807) is 6.92 Å². The zero-order valence-electron chi connectivity index (χ0n) is 18.0. The molecule has 0 heterocycles. The van der Waals surface area contributed by atoms with E-state index in [9.17, 15) is 14.4 Å². The van der Waals surface area contributed by atoms with Crippen LogP contribution in [0, 0.1) is 34.5 Å². The summed E-state index contributed by atoms with van der Waals surface area (Å²) in [6.07, 6.45) is 8.19. The summed E-state index contributed by atoms with van der Waals surface area (Å²) in [5.41, 5.74) is 0.218. The van der Waals surface area contributed by atoms with Gasteiger partial charge in [0.15, 0.2) is 17.2 Å². The second kappa shape index (κ2) is 6.27. The first-order valence-electron chi connectivity index (χ1n) is 11.0. The molecule has 0 aromatic rings. The number of fused-ring (bicyclic) bond motifs is 5. The third-order valence-electron chi connectivity index (χ3n) is 9.29. The molecule has 3 saturated carbocycles. The lowest BCUT2D eigenvalue weighted by Gasteiger charge is -2.60. The molecule has 4 rings (SSSR count). The van der Waals surface area contributed by atoms with Crippen molar-refractivity contribution in [2.24, 2.45) is 34.5 Å². The minimum atomic E-state index is -0.961. The molecule has 0 aromatic heterocycles. The van der Waals surface area contributed by atoms with Gasteiger partial charge < -0.3 is 4.74 Å². The number of carbonyl (C=O) groups is 3. The molecule has 3 fully saturated rings. The molecule has 4 aliphatic rings. The molecule has 4 heteroatoms. The fourth-order valence-corrected chi connectivity index (χ4v) is 8.05. The topological polar surface area (TPSA) is 60.4 Å². The third-order valence-corrected chi connectivity index (χ3v) is 9.29. The molecule has 4 nitrogen and oxygen atoms in total. The van der Waals surface area contributed by atoms with Crippen molar-refractivity contribution in [1.29, 1.82) is 0 Å². The molecular formula is C24H34O4. The average molecular weight is 387 g/mol. The summed E-state index contributed by atoms with van der Waals surface area (Å²) in [7, 11) is 0. The Morgan fingerprint density at radius 2 is 1.75 bits per heavy atom. The first kappa shape index (κ1) is 19.8. The van der Waals surface area contributed by atoms with E-state index in [1.807, 2.05) is 6.08 Å². The van der Waals surface area contributed by atoms with Gasteiger partial charge >= 0.3 is 5.97 Å². The van der Waals surface area contributed by atoms with Crippen LogP contribution in [0.25, 0.3) is 0 Å². The number of esters is 1. The highest BCUT2D eigenvalue weighted by molar-refractivity contribution is 5.92. The zero-order valence-corrected chi connectivity index (χ0v) is 18.0. The van der Waals surface area contributed by atoms with Gasteiger partial charge in [-0.2, -0.15) is 0 Å². The van der Waals surface area contributed by atoms with Crippen molar-refractivity contribution >= 4 is 17.5 Å². The Labute approximate surface area is 168 Å². The van der Waals surface area contributed by atoms with E-state index in [-0.39, 0.29) is 28.4 Å². The van der Waals surface area contributed by atoms with Crippen molar-refractivity contribution in [3.05, 3.63) is 11.6 Å². The fourth-order valence-electron chi connectivity index (χ4n) is 8.05. The van der Waals surface area contributed by atoms with Gasteiger partial charge in [0.25, 0.3) is 0 Å². The Morgan fingerprint density at radius 1 is 1.07 bits per heavy atom. The number of rotatable bonds is 2. The average Bonchev–Trinajstić information content (AvgIpc) is 2.90. The van der Waals surface area contributed by atoms with Gasteiger partial charge in [0.1, 0.15) is 0 Å². The van der Waals surface area contributed by atoms with Crippen molar-refractivity contribution in [3.63, 3.8) is 0 Å². The number of hydrogen-bond donors (Lipinski definition) is 0. The van der Waals surface area contributed by atoms with Crippen molar-refractivity contribution < 1.29 is 19.1 Å². The largest absolute Gasteiger partial charge is 0.451 e. The van der Waals surface area contributed by atoms with Crippen LogP contribution in [0.1, 0.15) is 79.6 Å². The van der Waals surface area contributed by atoms with Crippen LogP contribution in [0.4, 0.5) is 0 Å². The van der Waals surface area contributed by atoms with E-state index in [0.717, 1.165) is 32.1 Å². The second-order valence-corrected chi connectivity index (χ2v) is 10.5. The Balaban J connectivity index is 1.73. The molecule has 0 aromatic carbocycles. The maximum atomic E-state index is 12.8. The van der Waals surface area contributed by atoms with Crippen LogP contribution in [-0.4, -0.2) is 23.1 Å². The standard InChI is InChI=1S/C24H34O4/c1-14-12-18-19(22(4)9-6-17(27)13-21(14)22)7-10-23(5)20(18)8-11-24(23,15(2)25)28-16(3)26/h13-14,18-20H,6-12H2,1-5H3/t14-,18+,19-,20+,22+,23-,24-/m0/s1.